The number of ether oxygens (including phenoxy) is 3. The molecule has 0 aliphatic heterocycles. The Hall–Kier alpha value is -3.39. The average molecular weight is 443 g/mol. The van der Waals surface area contributed by atoms with Crippen molar-refractivity contribution >= 4 is 28.8 Å². The molecular weight excluding hydrogens is 414 g/mol. The van der Waals surface area contributed by atoms with Gasteiger partial charge in [-0.05, 0) is 22.8 Å². The number of benzene rings is 2. The van der Waals surface area contributed by atoms with Crippen LogP contribution in [0.15, 0.2) is 55.1 Å². The average Bonchev–Trinajstić information content (AvgIpc) is 2.78. The Morgan fingerprint density at radius 3 is 2.47 bits per heavy atom. The largest absolute Gasteiger partial charge is 0.465 e. The van der Waals surface area contributed by atoms with Crippen LogP contribution in [0.25, 0.3) is 10.8 Å². The van der Waals surface area contributed by atoms with Crippen LogP contribution in [0.4, 0.5) is 4.79 Å². The molecule has 0 spiro atoms. The zero-order valence-electron chi connectivity index (χ0n) is 18.3. The van der Waals surface area contributed by atoms with Crippen LogP contribution in [0.1, 0.15) is 30.6 Å². The van der Waals surface area contributed by atoms with Gasteiger partial charge in [0.05, 0.1) is 24.6 Å². The maximum Gasteiger partial charge on any atom is 0.407 e. The molecule has 1 unspecified atom stereocenters. The van der Waals surface area contributed by atoms with Crippen LogP contribution < -0.4 is 5.32 Å². The molecule has 2 atom stereocenters. The number of fused-ring (bicyclic) bond motifs is 1. The first-order valence-electron chi connectivity index (χ1n) is 10.3. The molecule has 8 nitrogen and oxygen atoms in total. The van der Waals surface area contributed by atoms with Crippen LogP contribution in [0.5, 0.6) is 0 Å². The molecule has 0 bridgehead atoms. The van der Waals surface area contributed by atoms with Gasteiger partial charge in [0.15, 0.2) is 0 Å². The normalized spacial score (nSPS) is 12.6. The molecule has 0 aliphatic rings. The first-order valence-corrected chi connectivity index (χ1v) is 10.3. The summed E-state index contributed by atoms with van der Waals surface area (Å²) in [5.41, 5.74) is 0.349. The molecule has 0 aliphatic carbocycles. The Balaban J connectivity index is 2.04. The molecule has 2 aromatic carbocycles. The van der Waals surface area contributed by atoms with Gasteiger partial charge < -0.3 is 24.6 Å². The van der Waals surface area contributed by atoms with Gasteiger partial charge in [0, 0.05) is 0 Å². The zero-order chi connectivity index (χ0) is 23.5. The second kappa shape index (κ2) is 12.5. The van der Waals surface area contributed by atoms with Crippen molar-refractivity contribution in [2.45, 2.75) is 32.4 Å². The van der Waals surface area contributed by atoms with Gasteiger partial charge in [-0.2, -0.15) is 0 Å². The van der Waals surface area contributed by atoms with Gasteiger partial charge in [0.2, 0.25) is 0 Å². The lowest BCUT2D eigenvalue weighted by Crippen LogP contribution is -2.47. The molecule has 0 saturated heterocycles. The number of amides is 1. The standard InChI is InChI=1S/C24H29NO7/c1-4-12-30-24(29)25-20(13-22(27)31-14-16(2)3)21(26)15-32-23(28)19-11-7-9-17-8-5-6-10-18(17)19/h4-11,16,20-21,26H,1,12-15H2,2-3H3,(H,25,29)/t20-,21?/m0/s1. The summed E-state index contributed by atoms with van der Waals surface area (Å²) < 4.78 is 15.3. The van der Waals surface area contributed by atoms with Gasteiger partial charge in [0.1, 0.15) is 19.3 Å². The van der Waals surface area contributed by atoms with E-state index in [-0.39, 0.29) is 25.6 Å². The molecule has 32 heavy (non-hydrogen) atoms. The minimum Gasteiger partial charge on any atom is -0.465 e. The summed E-state index contributed by atoms with van der Waals surface area (Å²) in [7, 11) is 0. The van der Waals surface area contributed by atoms with E-state index in [1.165, 1.54) is 6.08 Å². The molecule has 0 radical (unpaired) electrons. The van der Waals surface area contributed by atoms with Crippen molar-refractivity contribution in [2.24, 2.45) is 5.92 Å². The number of alkyl carbamates (subject to hydrolysis) is 1. The summed E-state index contributed by atoms with van der Waals surface area (Å²) in [5.74, 6) is -1.10. The topological polar surface area (TPSA) is 111 Å². The summed E-state index contributed by atoms with van der Waals surface area (Å²) in [5, 5.41) is 14.5. The number of aliphatic hydroxyl groups excluding tert-OH is 1. The Bertz CT molecular complexity index is 936. The van der Waals surface area contributed by atoms with Crippen LogP contribution in [0.2, 0.25) is 0 Å². The molecule has 0 heterocycles. The molecule has 172 valence electrons. The molecule has 8 heteroatoms. The molecule has 2 rings (SSSR count). The highest BCUT2D eigenvalue weighted by molar-refractivity contribution is 6.04. The van der Waals surface area contributed by atoms with Gasteiger partial charge >= 0.3 is 18.0 Å². The Kier molecular flexibility index (Phi) is 9.69. The lowest BCUT2D eigenvalue weighted by molar-refractivity contribution is -0.146. The van der Waals surface area contributed by atoms with Crippen molar-refractivity contribution in [2.75, 3.05) is 19.8 Å². The molecule has 0 saturated carbocycles. The summed E-state index contributed by atoms with van der Waals surface area (Å²) >= 11 is 0. The smallest absolute Gasteiger partial charge is 0.407 e. The quantitative estimate of drug-likeness (QED) is 0.312. The number of carbonyl (C=O) groups is 3. The predicted molar refractivity (Wildman–Crippen MR) is 119 cm³/mol. The van der Waals surface area contributed by atoms with Crippen molar-refractivity contribution in [1.29, 1.82) is 0 Å². The second-order valence-corrected chi connectivity index (χ2v) is 7.61. The molecule has 2 aromatic rings. The van der Waals surface area contributed by atoms with E-state index in [1.807, 2.05) is 38.1 Å². The van der Waals surface area contributed by atoms with Crippen molar-refractivity contribution in [3.8, 4) is 0 Å². The van der Waals surface area contributed by atoms with Crippen molar-refractivity contribution in [1.82, 2.24) is 5.32 Å². The van der Waals surface area contributed by atoms with E-state index < -0.39 is 36.8 Å². The maximum atomic E-state index is 12.6. The van der Waals surface area contributed by atoms with E-state index >= 15 is 0 Å². The van der Waals surface area contributed by atoms with E-state index in [0.717, 1.165) is 10.8 Å². The van der Waals surface area contributed by atoms with E-state index in [4.69, 9.17) is 14.2 Å². The summed E-state index contributed by atoms with van der Waals surface area (Å²) in [4.78, 5) is 36.6. The minimum absolute atomic E-state index is 0.0392. The number of esters is 2. The van der Waals surface area contributed by atoms with Gasteiger partial charge in [-0.25, -0.2) is 9.59 Å². The van der Waals surface area contributed by atoms with E-state index in [2.05, 4.69) is 11.9 Å². The number of aliphatic hydroxyl groups is 1. The van der Waals surface area contributed by atoms with E-state index in [0.29, 0.717) is 5.56 Å². The van der Waals surface area contributed by atoms with Crippen LogP contribution >= 0.6 is 0 Å². The van der Waals surface area contributed by atoms with Crippen LogP contribution in [0, 0.1) is 5.92 Å². The number of hydrogen-bond donors (Lipinski definition) is 2. The number of rotatable bonds is 11. The van der Waals surface area contributed by atoms with Crippen molar-refractivity contribution < 1.29 is 33.7 Å². The number of carbonyl (C=O) groups excluding carboxylic acids is 3. The number of nitrogens with one attached hydrogen (secondary N) is 1. The van der Waals surface area contributed by atoms with Crippen molar-refractivity contribution in [3.05, 3.63) is 60.7 Å². The SMILES string of the molecule is C=CCOC(=O)N[C@@H](CC(=O)OCC(C)C)C(O)COC(=O)c1cccc2ccccc12. The van der Waals surface area contributed by atoms with Crippen molar-refractivity contribution in [3.63, 3.8) is 0 Å². The third-order valence-corrected chi connectivity index (χ3v) is 4.46. The summed E-state index contributed by atoms with van der Waals surface area (Å²) in [6.07, 6.45) is -1.14. The summed E-state index contributed by atoms with van der Waals surface area (Å²) in [6, 6.07) is 11.5. The highest BCUT2D eigenvalue weighted by Gasteiger charge is 2.27. The monoisotopic (exact) mass is 443 g/mol. The predicted octanol–water partition coefficient (Wildman–Crippen LogP) is 3.23. The molecule has 2 N–H and O–H groups in total. The Morgan fingerprint density at radius 2 is 1.75 bits per heavy atom. The molecule has 0 fully saturated rings. The lowest BCUT2D eigenvalue weighted by Gasteiger charge is -2.23. The lowest BCUT2D eigenvalue weighted by atomic mass is 10.0. The second-order valence-electron chi connectivity index (χ2n) is 7.61. The van der Waals surface area contributed by atoms with E-state index in [1.54, 1.807) is 18.2 Å². The van der Waals surface area contributed by atoms with Gasteiger partial charge in [-0.1, -0.05) is 62.9 Å². The zero-order valence-corrected chi connectivity index (χ0v) is 18.3. The minimum atomic E-state index is -1.36. The molecular formula is C24H29NO7. The molecule has 0 aromatic heterocycles. The van der Waals surface area contributed by atoms with Gasteiger partial charge in [0.25, 0.3) is 0 Å². The first kappa shape index (κ1) is 24.9. The first-order chi connectivity index (χ1) is 15.3. The Morgan fingerprint density at radius 1 is 1.03 bits per heavy atom. The molecule has 1 amide bonds. The van der Waals surface area contributed by atoms with Gasteiger partial charge in [-0.3, -0.25) is 4.79 Å². The third-order valence-electron chi connectivity index (χ3n) is 4.46. The summed E-state index contributed by atoms with van der Waals surface area (Å²) in [6.45, 7) is 6.95. The fraction of sp³-hybridized carbons (Fsp3) is 0.375. The third kappa shape index (κ3) is 7.70. The highest BCUT2D eigenvalue weighted by atomic mass is 16.6. The fourth-order valence-electron chi connectivity index (χ4n) is 2.87. The van der Waals surface area contributed by atoms with Gasteiger partial charge in [-0.15, -0.1) is 0 Å². The van der Waals surface area contributed by atoms with E-state index in [9.17, 15) is 19.5 Å². The fourth-order valence-corrected chi connectivity index (χ4v) is 2.87. The maximum absolute atomic E-state index is 12.6. The highest BCUT2D eigenvalue weighted by Crippen LogP contribution is 2.19. The van der Waals surface area contributed by atoms with Crippen LogP contribution in [-0.4, -0.2) is 55.1 Å². The van der Waals surface area contributed by atoms with Crippen LogP contribution in [0.3, 0.4) is 0 Å². The number of hydrogen-bond acceptors (Lipinski definition) is 7. The van der Waals surface area contributed by atoms with Crippen LogP contribution in [-0.2, 0) is 19.0 Å². The Labute approximate surface area is 187 Å².